The van der Waals surface area contributed by atoms with E-state index < -0.39 is 0 Å². The molecule has 0 saturated heterocycles. The number of carbonyl (C=O) groups is 1. The lowest BCUT2D eigenvalue weighted by atomic mass is 10.2. The molecule has 1 aliphatic carbocycles. The minimum absolute atomic E-state index is 0.139. The van der Waals surface area contributed by atoms with Crippen LogP contribution in [-0.4, -0.2) is 30.1 Å². The molecular weight excluding hydrogens is 364 g/mol. The molecule has 0 atom stereocenters. The highest BCUT2D eigenvalue weighted by molar-refractivity contribution is 6.02. The molecule has 1 fully saturated rings. The van der Waals surface area contributed by atoms with Gasteiger partial charge in [-0.25, -0.2) is 0 Å². The smallest absolute Gasteiger partial charge is 0.253 e. The third kappa shape index (κ3) is 3.63. The second-order valence-corrected chi connectivity index (χ2v) is 7.60. The lowest BCUT2D eigenvalue weighted by molar-refractivity contribution is 0.0952. The monoisotopic (exact) mass is 386 g/mol. The molecule has 4 aromatic rings. The minimum atomic E-state index is -0.139. The molecule has 1 saturated carbocycles. The zero-order chi connectivity index (χ0) is 19.8. The summed E-state index contributed by atoms with van der Waals surface area (Å²) < 4.78 is 4.02. The summed E-state index contributed by atoms with van der Waals surface area (Å²) in [7, 11) is 0. The van der Waals surface area contributed by atoms with Gasteiger partial charge in [0.05, 0.1) is 40.9 Å². The first-order chi connectivity index (χ1) is 14.2. The highest BCUT2D eigenvalue weighted by atomic mass is 16.1. The molecule has 1 aliphatic rings. The summed E-state index contributed by atoms with van der Waals surface area (Å²) in [5.41, 5.74) is 4.84. The van der Waals surface area contributed by atoms with Crippen molar-refractivity contribution in [3.63, 3.8) is 0 Å². The van der Waals surface area contributed by atoms with Crippen molar-refractivity contribution in [3.8, 4) is 11.4 Å². The largest absolute Gasteiger partial charge is 0.346 e. The van der Waals surface area contributed by atoms with E-state index in [1.807, 2.05) is 58.7 Å². The predicted molar refractivity (Wildman–Crippen MR) is 109 cm³/mol. The average molecular weight is 386 g/mol. The number of fused-ring (bicyclic) bond motifs is 1. The number of nitrogens with one attached hydrogen (secondary N) is 1. The van der Waals surface area contributed by atoms with Gasteiger partial charge in [0.15, 0.2) is 0 Å². The number of aromatic nitrogens is 5. The van der Waals surface area contributed by atoms with Crippen molar-refractivity contribution < 1.29 is 4.79 Å². The van der Waals surface area contributed by atoms with Gasteiger partial charge < -0.3 is 9.72 Å². The summed E-state index contributed by atoms with van der Waals surface area (Å²) in [5, 5.41) is 7.68. The van der Waals surface area contributed by atoms with E-state index in [1.165, 1.54) is 12.8 Å². The first-order valence-corrected chi connectivity index (χ1v) is 9.87. The Morgan fingerprint density at radius 2 is 2.07 bits per heavy atom. The Hall–Kier alpha value is -3.48. The molecule has 0 unspecified atom stereocenters. The normalized spacial score (nSPS) is 13.7. The fraction of sp³-hybridized carbons (Fsp3) is 0.273. The van der Waals surface area contributed by atoms with Crippen LogP contribution in [0.5, 0.6) is 0 Å². The molecule has 1 amide bonds. The number of carbonyl (C=O) groups excluding carboxylic acids is 1. The second-order valence-electron chi connectivity index (χ2n) is 7.60. The van der Waals surface area contributed by atoms with Crippen molar-refractivity contribution in [1.29, 1.82) is 0 Å². The van der Waals surface area contributed by atoms with Gasteiger partial charge in [0.1, 0.15) is 5.69 Å². The van der Waals surface area contributed by atoms with Gasteiger partial charge in [-0.1, -0.05) is 6.07 Å². The highest BCUT2D eigenvalue weighted by Crippen LogP contribution is 2.31. The Labute approximate surface area is 168 Å². The Morgan fingerprint density at radius 3 is 2.86 bits per heavy atom. The topological polar surface area (TPSA) is 77.1 Å². The van der Waals surface area contributed by atoms with Crippen LogP contribution in [0.1, 0.15) is 34.6 Å². The summed E-state index contributed by atoms with van der Waals surface area (Å²) in [6.45, 7) is 3.19. The SMILES string of the molecule is Cc1cnc(CNC(=O)c2cc(-c3ccn(CC4CC4)n3)n3ccccc23)cn1. The van der Waals surface area contributed by atoms with Crippen LogP contribution in [0.4, 0.5) is 0 Å². The van der Waals surface area contributed by atoms with E-state index in [0.717, 1.165) is 40.8 Å². The van der Waals surface area contributed by atoms with Gasteiger partial charge in [0.2, 0.25) is 0 Å². The molecule has 0 bridgehead atoms. The van der Waals surface area contributed by atoms with Crippen LogP contribution in [0.2, 0.25) is 0 Å². The van der Waals surface area contributed by atoms with Gasteiger partial charge in [0.25, 0.3) is 5.91 Å². The Morgan fingerprint density at radius 1 is 1.17 bits per heavy atom. The van der Waals surface area contributed by atoms with E-state index in [-0.39, 0.29) is 5.91 Å². The molecule has 0 aromatic carbocycles. The molecule has 1 N–H and O–H groups in total. The maximum Gasteiger partial charge on any atom is 0.253 e. The van der Waals surface area contributed by atoms with Crippen LogP contribution >= 0.6 is 0 Å². The first kappa shape index (κ1) is 17.6. The summed E-state index contributed by atoms with van der Waals surface area (Å²) in [4.78, 5) is 21.4. The third-order valence-corrected chi connectivity index (χ3v) is 5.23. The summed E-state index contributed by atoms with van der Waals surface area (Å²) >= 11 is 0. The van der Waals surface area contributed by atoms with Crippen LogP contribution in [0.3, 0.4) is 0 Å². The lowest BCUT2D eigenvalue weighted by Gasteiger charge is -2.04. The highest BCUT2D eigenvalue weighted by Gasteiger charge is 2.23. The predicted octanol–water partition coefficient (Wildman–Crippen LogP) is 3.24. The fourth-order valence-corrected chi connectivity index (χ4v) is 3.47. The van der Waals surface area contributed by atoms with Gasteiger partial charge >= 0.3 is 0 Å². The third-order valence-electron chi connectivity index (χ3n) is 5.23. The molecule has 146 valence electrons. The van der Waals surface area contributed by atoms with E-state index in [4.69, 9.17) is 5.10 Å². The van der Waals surface area contributed by atoms with Gasteiger partial charge in [-0.3, -0.25) is 19.4 Å². The van der Waals surface area contributed by atoms with E-state index in [1.54, 1.807) is 12.4 Å². The first-order valence-electron chi connectivity index (χ1n) is 9.87. The molecule has 0 aliphatic heterocycles. The quantitative estimate of drug-likeness (QED) is 0.552. The number of nitrogens with zero attached hydrogens (tertiary/aromatic N) is 5. The minimum Gasteiger partial charge on any atom is -0.346 e. The maximum absolute atomic E-state index is 12.9. The molecular formula is C22H22N6O. The van der Waals surface area contributed by atoms with Crippen LogP contribution in [0.25, 0.3) is 16.9 Å². The number of hydrogen-bond donors (Lipinski definition) is 1. The molecule has 4 aromatic heterocycles. The zero-order valence-corrected chi connectivity index (χ0v) is 16.2. The molecule has 4 heterocycles. The number of aryl methyl sites for hydroxylation is 1. The van der Waals surface area contributed by atoms with Crippen LogP contribution < -0.4 is 5.32 Å². The van der Waals surface area contributed by atoms with Crippen LogP contribution in [0.15, 0.2) is 55.1 Å². The molecule has 0 spiro atoms. The maximum atomic E-state index is 12.9. The van der Waals surface area contributed by atoms with Crippen LogP contribution in [0, 0.1) is 12.8 Å². The fourth-order valence-electron chi connectivity index (χ4n) is 3.47. The van der Waals surface area contributed by atoms with E-state index in [2.05, 4.69) is 15.3 Å². The van der Waals surface area contributed by atoms with E-state index >= 15 is 0 Å². The summed E-state index contributed by atoms with van der Waals surface area (Å²) in [5.74, 6) is 0.623. The van der Waals surface area contributed by atoms with Crippen LogP contribution in [-0.2, 0) is 13.1 Å². The summed E-state index contributed by atoms with van der Waals surface area (Å²) in [6.07, 6.45) is 9.95. The molecule has 7 nitrogen and oxygen atoms in total. The van der Waals surface area contributed by atoms with E-state index in [0.29, 0.717) is 12.1 Å². The number of amides is 1. The zero-order valence-electron chi connectivity index (χ0n) is 16.2. The Bertz CT molecular complexity index is 1170. The van der Waals surface area contributed by atoms with Gasteiger partial charge in [0, 0.05) is 25.1 Å². The molecule has 29 heavy (non-hydrogen) atoms. The summed E-state index contributed by atoms with van der Waals surface area (Å²) in [6, 6.07) is 9.77. The number of hydrogen-bond acceptors (Lipinski definition) is 4. The second kappa shape index (κ2) is 7.16. The van der Waals surface area contributed by atoms with Gasteiger partial charge in [-0.2, -0.15) is 5.10 Å². The number of rotatable bonds is 6. The van der Waals surface area contributed by atoms with Crippen molar-refractivity contribution in [2.75, 3.05) is 0 Å². The van der Waals surface area contributed by atoms with E-state index in [9.17, 15) is 4.79 Å². The van der Waals surface area contributed by atoms with Gasteiger partial charge in [-0.05, 0) is 49.9 Å². The molecule has 0 radical (unpaired) electrons. The molecule has 5 rings (SSSR count). The van der Waals surface area contributed by atoms with Crippen molar-refractivity contribution in [1.82, 2.24) is 29.5 Å². The average Bonchev–Trinajstić information content (AvgIpc) is 3.29. The number of pyridine rings is 1. The van der Waals surface area contributed by atoms with Crippen molar-refractivity contribution in [2.45, 2.75) is 32.9 Å². The van der Waals surface area contributed by atoms with Crippen molar-refractivity contribution in [2.24, 2.45) is 5.92 Å². The Balaban J connectivity index is 1.42. The standard InChI is InChI=1S/C22H22N6O/c1-15-11-24-17(12-23-15)13-25-22(29)18-10-21(28-8-3-2-4-20(18)28)19-7-9-27(26-19)14-16-5-6-16/h2-4,7-12,16H,5-6,13-14H2,1H3,(H,25,29). The van der Waals surface area contributed by atoms with Crippen molar-refractivity contribution in [3.05, 3.63) is 72.1 Å². The Kier molecular flexibility index (Phi) is 4.35. The van der Waals surface area contributed by atoms with Crippen molar-refractivity contribution >= 4 is 11.4 Å². The van der Waals surface area contributed by atoms with Gasteiger partial charge in [-0.15, -0.1) is 0 Å². The molecule has 7 heteroatoms. The lowest BCUT2D eigenvalue weighted by Crippen LogP contribution is -2.23.